The van der Waals surface area contributed by atoms with Crippen LogP contribution in [0.5, 0.6) is 5.75 Å². The Morgan fingerprint density at radius 3 is 2.52 bits per heavy atom. The standard InChI is InChI=1S/C26H36N2O3/c1-26(2,3)18-6-8-20(9-7-18)31-21-10-11-24-23(15-21)22(17-4-5-17)14-19(28-24)16-27-13-12-25(29)30/h10-11,14-15,17-18,20,27H,4-9,12-13,16H2,1-3H3,(H,29,30)/t18-,20-. The number of carboxylic acids is 1. The molecule has 2 aliphatic rings. The van der Waals surface area contributed by atoms with Crippen LogP contribution in [0.15, 0.2) is 24.3 Å². The van der Waals surface area contributed by atoms with Gasteiger partial charge < -0.3 is 15.2 Å². The highest BCUT2D eigenvalue weighted by Gasteiger charge is 2.31. The molecule has 2 aromatic rings. The van der Waals surface area contributed by atoms with Gasteiger partial charge in [-0.15, -0.1) is 0 Å². The predicted molar refractivity (Wildman–Crippen MR) is 124 cm³/mol. The highest BCUT2D eigenvalue weighted by atomic mass is 16.5. The van der Waals surface area contributed by atoms with Gasteiger partial charge in [-0.2, -0.15) is 0 Å². The van der Waals surface area contributed by atoms with Crippen LogP contribution >= 0.6 is 0 Å². The highest BCUT2D eigenvalue weighted by molar-refractivity contribution is 5.84. The zero-order chi connectivity index (χ0) is 22.0. The van der Waals surface area contributed by atoms with Gasteiger partial charge in [0.05, 0.1) is 23.7 Å². The zero-order valence-corrected chi connectivity index (χ0v) is 19.1. The van der Waals surface area contributed by atoms with Crippen LogP contribution in [0.25, 0.3) is 10.9 Å². The summed E-state index contributed by atoms with van der Waals surface area (Å²) in [5, 5.41) is 13.2. The first-order valence-electron chi connectivity index (χ1n) is 11.8. The summed E-state index contributed by atoms with van der Waals surface area (Å²) in [6, 6.07) is 8.53. The summed E-state index contributed by atoms with van der Waals surface area (Å²) in [6.07, 6.45) is 7.65. The van der Waals surface area contributed by atoms with Crippen molar-refractivity contribution >= 4 is 16.9 Å². The van der Waals surface area contributed by atoms with E-state index in [9.17, 15) is 4.79 Å². The fourth-order valence-corrected chi connectivity index (χ4v) is 4.84. The van der Waals surface area contributed by atoms with Gasteiger partial charge in [-0.25, -0.2) is 0 Å². The van der Waals surface area contributed by atoms with E-state index in [2.05, 4.69) is 50.4 Å². The molecule has 0 unspecified atom stereocenters. The number of pyridine rings is 1. The van der Waals surface area contributed by atoms with E-state index in [4.69, 9.17) is 14.8 Å². The molecule has 0 saturated heterocycles. The molecule has 0 aliphatic heterocycles. The molecule has 2 saturated carbocycles. The lowest BCUT2D eigenvalue weighted by Gasteiger charge is -2.37. The molecule has 1 aromatic carbocycles. The van der Waals surface area contributed by atoms with Gasteiger partial charge in [0.1, 0.15) is 5.75 Å². The van der Waals surface area contributed by atoms with E-state index in [0.29, 0.717) is 30.5 Å². The van der Waals surface area contributed by atoms with E-state index in [-0.39, 0.29) is 6.42 Å². The second-order valence-corrected chi connectivity index (χ2v) is 10.4. The molecule has 5 nitrogen and oxygen atoms in total. The summed E-state index contributed by atoms with van der Waals surface area (Å²) in [5.41, 5.74) is 3.73. The van der Waals surface area contributed by atoms with E-state index >= 15 is 0 Å². The van der Waals surface area contributed by atoms with E-state index in [1.54, 1.807) is 0 Å². The molecule has 0 amide bonds. The van der Waals surface area contributed by atoms with E-state index in [0.717, 1.165) is 35.7 Å². The monoisotopic (exact) mass is 424 g/mol. The molecule has 0 bridgehead atoms. The van der Waals surface area contributed by atoms with Gasteiger partial charge in [0, 0.05) is 18.5 Å². The maximum atomic E-state index is 10.7. The lowest BCUT2D eigenvalue weighted by molar-refractivity contribution is -0.136. The molecule has 168 valence electrons. The molecular formula is C26H36N2O3. The quantitative estimate of drug-likeness (QED) is 0.535. The van der Waals surface area contributed by atoms with Gasteiger partial charge in [0.2, 0.25) is 0 Å². The van der Waals surface area contributed by atoms with Crippen LogP contribution in [-0.4, -0.2) is 28.7 Å². The maximum absolute atomic E-state index is 10.7. The Kier molecular flexibility index (Phi) is 6.52. The molecule has 0 atom stereocenters. The Bertz CT molecular complexity index is 922. The Labute approximate surface area is 185 Å². The van der Waals surface area contributed by atoms with Gasteiger partial charge in [0.25, 0.3) is 0 Å². The molecule has 1 aromatic heterocycles. The first-order chi connectivity index (χ1) is 14.8. The van der Waals surface area contributed by atoms with E-state index < -0.39 is 5.97 Å². The summed E-state index contributed by atoms with van der Waals surface area (Å²) in [4.78, 5) is 15.5. The lowest BCUT2D eigenvalue weighted by Crippen LogP contribution is -2.30. The fourth-order valence-electron chi connectivity index (χ4n) is 4.84. The second-order valence-electron chi connectivity index (χ2n) is 10.4. The van der Waals surface area contributed by atoms with Gasteiger partial charge in [-0.05, 0) is 85.6 Å². The van der Waals surface area contributed by atoms with Crippen molar-refractivity contribution in [2.45, 2.75) is 84.3 Å². The number of hydrogen-bond acceptors (Lipinski definition) is 4. The number of rotatable bonds is 8. The van der Waals surface area contributed by atoms with E-state index in [1.807, 2.05) is 0 Å². The van der Waals surface area contributed by atoms with Crippen molar-refractivity contribution in [1.82, 2.24) is 10.3 Å². The summed E-state index contributed by atoms with van der Waals surface area (Å²) in [7, 11) is 0. The van der Waals surface area contributed by atoms with Gasteiger partial charge in [-0.1, -0.05) is 20.8 Å². The molecule has 4 rings (SSSR count). The van der Waals surface area contributed by atoms with Crippen LogP contribution in [0, 0.1) is 11.3 Å². The predicted octanol–water partition coefficient (Wildman–Crippen LogP) is 5.66. The van der Waals surface area contributed by atoms with Crippen molar-refractivity contribution in [3.05, 3.63) is 35.5 Å². The number of ether oxygens (including phenoxy) is 1. The van der Waals surface area contributed by atoms with Crippen molar-refractivity contribution in [1.29, 1.82) is 0 Å². The fraction of sp³-hybridized carbons (Fsp3) is 0.615. The Balaban J connectivity index is 1.45. The number of carbonyl (C=O) groups is 1. The van der Waals surface area contributed by atoms with E-state index in [1.165, 1.54) is 36.6 Å². The van der Waals surface area contributed by atoms with Crippen LogP contribution in [0.4, 0.5) is 0 Å². The third kappa shape index (κ3) is 5.76. The van der Waals surface area contributed by atoms with Crippen molar-refractivity contribution < 1.29 is 14.6 Å². The summed E-state index contributed by atoms with van der Waals surface area (Å²) in [5.74, 6) is 1.58. The summed E-state index contributed by atoms with van der Waals surface area (Å²) < 4.78 is 6.42. The van der Waals surface area contributed by atoms with Gasteiger partial charge in [-0.3, -0.25) is 9.78 Å². The Morgan fingerprint density at radius 2 is 1.87 bits per heavy atom. The molecule has 1 heterocycles. The first kappa shape index (κ1) is 22.1. The van der Waals surface area contributed by atoms with Crippen molar-refractivity contribution in [3.8, 4) is 5.75 Å². The van der Waals surface area contributed by atoms with Gasteiger partial charge >= 0.3 is 5.97 Å². The summed E-state index contributed by atoms with van der Waals surface area (Å²) in [6.45, 7) is 8.11. The molecule has 31 heavy (non-hydrogen) atoms. The molecule has 2 aliphatic carbocycles. The first-order valence-corrected chi connectivity index (χ1v) is 11.8. The minimum absolute atomic E-state index is 0.126. The number of hydrogen-bond donors (Lipinski definition) is 2. The minimum Gasteiger partial charge on any atom is -0.490 e. The average Bonchev–Trinajstić information content (AvgIpc) is 3.56. The smallest absolute Gasteiger partial charge is 0.304 e. The Morgan fingerprint density at radius 1 is 1.13 bits per heavy atom. The lowest BCUT2D eigenvalue weighted by atomic mass is 9.72. The maximum Gasteiger partial charge on any atom is 0.304 e. The van der Waals surface area contributed by atoms with Gasteiger partial charge in [0.15, 0.2) is 0 Å². The van der Waals surface area contributed by atoms with Crippen LogP contribution in [0.2, 0.25) is 0 Å². The zero-order valence-electron chi connectivity index (χ0n) is 19.1. The summed E-state index contributed by atoms with van der Waals surface area (Å²) >= 11 is 0. The molecule has 0 radical (unpaired) electrons. The SMILES string of the molecule is CC(C)(C)[C@H]1CC[C@H](Oc2ccc3nc(CNCCC(=O)O)cc(C4CC4)c3c2)CC1. The average molecular weight is 425 g/mol. The number of aromatic nitrogens is 1. The number of aliphatic carboxylic acids is 1. The number of nitrogens with one attached hydrogen (secondary N) is 1. The van der Waals surface area contributed by atoms with Crippen molar-refractivity contribution in [2.75, 3.05) is 6.54 Å². The van der Waals surface area contributed by atoms with Crippen LogP contribution < -0.4 is 10.1 Å². The van der Waals surface area contributed by atoms with Crippen LogP contribution in [0.3, 0.4) is 0 Å². The molecule has 0 spiro atoms. The number of nitrogens with zero attached hydrogens (tertiary/aromatic N) is 1. The van der Waals surface area contributed by atoms with Crippen molar-refractivity contribution in [3.63, 3.8) is 0 Å². The molecule has 2 fully saturated rings. The topological polar surface area (TPSA) is 71.5 Å². The number of benzene rings is 1. The number of carboxylic acid groups (broad SMARTS) is 1. The second kappa shape index (κ2) is 9.15. The number of fused-ring (bicyclic) bond motifs is 1. The molecular weight excluding hydrogens is 388 g/mol. The largest absolute Gasteiger partial charge is 0.490 e. The van der Waals surface area contributed by atoms with Crippen molar-refractivity contribution in [2.24, 2.45) is 11.3 Å². The third-order valence-electron chi connectivity index (χ3n) is 6.91. The third-order valence-corrected chi connectivity index (χ3v) is 6.91. The Hall–Kier alpha value is -2.14. The molecule has 5 heteroatoms. The highest BCUT2D eigenvalue weighted by Crippen LogP contribution is 2.44. The molecule has 2 N–H and O–H groups in total. The van der Waals surface area contributed by atoms with Crippen LogP contribution in [-0.2, 0) is 11.3 Å². The minimum atomic E-state index is -0.780. The normalized spacial score (nSPS) is 21.9. The van der Waals surface area contributed by atoms with Crippen LogP contribution in [0.1, 0.15) is 82.9 Å².